The van der Waals surface area contributed by atoms with Crippen LogP contribution in [-0.4, -0.2) is 51.6 Å². The molecule has 3 aromatic carbocycles. The molecule has 3 aromatic rings. The molecule has 0 fully saturated rings. The van der Waals surface area contributed by atoms with Crippen LogP contribution in [0.4, 0.5) is 5.69 Å². The third-order valence-electron chi connectivity index (χ3n) is 5.28. The molecule has 0 saturated heterocycles. The van der Waals surface area contributed by atoms with E-state index in [1.54, 1.807) is 42.5 Å². The van der Waals surface area contributed by atoms with Crippen molar-refractivity contribution < 1.29 is 23.2 Å². The molecular formula is C23H23Cl2N3O5S. The van der Waals surface area contributed by atoms with Gasteiger partial charge in [-0.15, -0.1) is 0 Å². The lowest BCUT2D eigenvalue weighted by atomic mass is 9.98. The van der Waals surface area contributed by atoms with Crippen LogP contribution in [0.3, 0.4) is 0 Å². The van der Waals surface area contributed by atoms with Crippen LogP contribution in [0.25, 0.3) is 10.8 Å². The van der Waals surface area contributed by atoms with Crippen LogP contribution in [-0.2, 0) is 26.0 Å². The molecule has 0 aliphatic carbocycles. The van der Waals surface area contributed by atoms with E-state index in [-0.39, 0.29) is 32.8 Å². The highest BCUT2D eigenvalue weighted by Gasteiger charge is 2.29. The summed E-state index contributed by atoms with van der Waals surface area (Å²) in [5.74, 6) is -2.08. The predicted octanol–water partition coefficient (Wildman–Crippen LogP) is 3.72. The van der Waals surface area contributed by atoms with Crippen molar-refractivity contribution in [3.63, 3.8) is 0 Å². The van der Waals surface area contributed by atoms with Crippen LogP contribution < -0.4 is 9.62 Å². The summed E-state index contributed by atoms with van der Waals surface area (Å²) in [4.78, 5) is 25.8. The molecule has 0 heterocycles. The Labute approximate surface area is 207 Å². The van der Waals surface area contributed by atoms with Crippen LogP contribution in [0.5, 0.6) is 0 Å². The standard InChI is InChI=1S/C23H23Cl2N3O5S/c1-27(2)21-10-3-7-17-16(21)6-4-11-22(17)34(32,33)26-23(30)15(13-28(31)14-29)12-18-19(24)8-5-9-20(18)25/h3-11,14-15,31H,12-13H2,1-2H3,(H,26,30). The molecule has 11 heteroatoms. The van der Waals surface area contributed by atoms with Crippen molar-refractivity contribution in [2.75, 3.05) is 25.5 Å². The minimum atomic E-state index is -4.30. The Kier molecular flexibility index (Phi) is 8.04. The van der Waals surface area contributed by atoms with Gasteiger partial charge in [-0.3, -0.25) is 14.8 Å². The van der Waals surface area contributed by atoms with Gasteiger partial charge in [-0.2, -0.15) is 0 Å². The number of nitrogens with zero attached hydrogens (tertiary/aromatic N) is 2. The van der Waals surface area contributed by atoms with Crippen molar-refractivity contribution in [1.29, 1.82) is 0 Å². The number of hydroxylamine groups is 2. The number of hydrogen-bond donors (Lipinski definition) is 2. The summed E-state index contributed by atoms with van der Waals surface area (Å²) >= 11 is 12.4. The monoisotopic (exact) mass is 523 g/mol. The number of sulfonamides is 1. The quantitative estimate of drug-likeness (QED) is 0.251. The van der Waals surface area contributed by atoms with Crippen LogP contribution in [0.1, 0.15) is 5.56 Å². The number of fused-ring (bicyclic) bond motifs is 1. The number of nitrogens with one attached hydrogen (secondary N) is 1. The van der Waals surface area contributed by atoms with E-state index < -0.39 is 28.4 Å². The molecule has 3 rings (SSSR count). The smallest absolute Gasteiger partial charge is 0.264 e. The summed E-state index contributed by atoms with van der Waals surface area (Å²) in [5, 5.41) is 11.6. The first-order chi connectivity index (χ1) is 16.0. The highest BCUT2D eigenvalue weighted by atomic mass is 35.5. The van der Waals surface area contributed by atoms with E-state index in [0.717, 1.165) is 5.69 Å². The Balaban J connectivity index is 1.97. The van der Waals surface area contributed by atoms with Crippen LogP contribution in [0.15, 0.2) is 59.5 Å². The van der Waals surface area contributed by atoms with Gasteiger partial charge in [0.05, 0.1) is 17.4 Å². The Morgan fingerprint density at radius 2 is 1.62 bits per heavy atom. The van der Waals surface area contributed by atoms with E-state index in [1.807, 2.05) is 25.1 Å². The van der Waals surface area contributed by atoms with Crippen LogP contribution >= 0.6 is 23.2 Å². The second kappa shape index (κ2) is 10.6. The van der Waals surface area contributed by atoms with Crippen molar-refractivity contribution in [3.8, 4) is 0 Å². The number of hydrogen-bond acceptors (Lipinski definition) is 6. The summed E-state index contributed by atoms with van der Waals surface area (Å²) < 4.78 is 28.6. The van der Waals surface area contributed by atoms with Gasteiger partial charge in [0.2, 0.25) is 12.3 Å². The lowest BCUT2D eigenvalue weighted by Crippen LogP contribution is -2.41. The van der Waals surface area contributed by atoms with Gasteiger partial charge in [0.25, 0.3) is 10.0 Å². The molecular weight excluding hydrogens is 501 g/mol. The molecule has 0 radical (unpaired) electrons. The molecule has 180 valence electrons. The molecule has 1 unspecified atom stereocenters. The maximum atomic E-state index is 13.2. The fourth-order valence-electron chi connectivity index (χ4n) is 3.64. The van der Waals surface area contributed by atoms with E-state index in [0.29, 0.717) is 16.3 Å². The molecule has 2 N–H and O–H groups in total. The predicted molar refractivity (Wildman–Crippen MR) is 132 cm³/mol. The van der Waals surface area contributed by atoms with E-state index in [2.05, 4.69) is 4.72 Å². The van der Waals surface area contributed by atoms with Crippen molar-refractivity contribution in [1.82, 2.24) is 9.79 Å². The van der Waals surface area contributed by atoms with Gasteiger partial charge in [-0.25, -0.2) is 18.2 Å². The molecule has 0 aromatic heterocycles. The second-order valence-corrected chi connectivity index (χ2v) is 10.3. The van der Waals surface area contributed by atoms with Gasteiger partial charge in [0, 0.05) is 40.6 Å². The normalized spacial score (nSPS) is 12.3. The lowest BCUT2D eigenvalue weighted by Gasteiger charge is -2.21. The van der Waals surface area contributed by atoms with Crippen LogP contribution in [0, 0.1) is 5.92 Å². The average molecular weight is 524 g/mol. The van der Waals surface area contributed by atoms with E-state index in [9.17, 15) is 23.2 Å². The summed E-state index contributed by atoms with van der Waals surface area (Å²) in [6, 6.07) is 14.8. The third kappa shape index (κ3) is 5.61. The maximum absolute atomic E-state index is 13.2. The second-order valence-electron chi connectivity index (χ2n) is 7.82. The van der Waals surface area contributed by atoms with Crippen molar-refractivity contribution >= 4 is 62.0 Å². The molecule has 2 amide bonds. The number of halogens is 2. The Morgan fingerprint density at radius 1 is 1.03 bits per heavy atom. The Morgan fingerprint density at radius 3 is 2.24 bits per heavy atom. The number of carbonyl (C=O) groups excluding carboxylic acids is 2. The summed E-state index contributed by atoms with van der Waals surface area (Å²) in [6.45, 7) is -0.466. The highest BCUT2D eigenvalue weighted by molar-refractivity contribution is 7.90. The van der Waals surface area contributed by atoms with Gasteiger partial charge < -0.3 is 4.90 Å². The number of amides is 2. The van der Waals surface area contributed by atoms with E-state index in [1.165, 1.54) is 6.07 Å². The zero-order valence-electron chi connectivity index (χ0n) is 18.4. The largest absolute Gasteiger partial charge is 0.377 e. The van der Waals surface area contributed by atoms with E-state index >= 15 is 0 Å². The molecule has 0 aliphatic rings. The average Bonchev–Trinajstić information content (AvgIpc) is 2.79. The minimum absolute atomic E-state index is 0.0761. The molecule has 0 spiro atoms. The van der Waals surface area contributed by atoms with Crippen molar-refractivity contribution in [2.45, 2.75) is 11.3 Å². The summed E-state index contributed by atoms with van der Waals surface area (Å²) in [5.41, 5.74) is 1.21. The summed E-state index contributed by atoms with van der Waals surface area (Å²) in [7, 11) is -0.615. The zero-order valence-corrected chi connectivity index (χ0v) is 20.7. The van der Waals surface area contributed by atoms with Gasteiger partial charge >= 0.3 is 0 Å². The topological polar surface area (TPSA) is 107 Å². The van der Waals surface area contributed by atoms with Crippen LogP contribution in [0.2, 0.25) is 10.0 Å². The molecule has 0 saturated carbocycles. The Bertz CT molecular complexity index is 1310. The van der Waals surface area contributed by atoms with Gasteiger partial charge in [0.1, 0.15) is 0 Å². The number of benzene rings is 3. The summed E-state index contributed by atoms with van der Waals surface area (Å²) in [6.07, 6.45) is 0.0154. The molecule has 0 aliphatic heterocycles. The van der Waals surface area contributed by atoms with E-state index in [4.69, 9.17) is 23.2 Å². The first-order valence-electron chi connectivity index (χ1n) is 10.1. The van der Waals surface area contributed by atoms with Gasteiger partial charge in [-0.05, 0) is 36.2 Å². The fourth-order valence-corrected chi connectivity index (χ4v) is 5.46. The van der Waals surface area contributed by atoms with Crippen molar-refractivity contribution in [2.24, 2.45) is 5.92 Å². The minimum Gasteiger partial charge on any atom is -0.377 e. The number of anilines is 1. The van der Waals surface area contributed by atoms with Gasteiger partial charge in [-0.1, -0.05) is 53.5 Å². The first kappa shape index (κ1) is 25.8. The third-order valence-corrected chi connectivity index (χ3v) is 7.39. The molecule has 8 nitrogen and oxygen atoms in total. The number of rotatable bonds is 9. The molecule has 1 atom stereocenters. The molecule has 0 bridgehead atoms. The Hall–Kier alpha value is -2.85. The highest BCUT2D eigenvalue weighted by Crippen LogP contribution is 2.31. The SMILES string of the molecule is CN(C)c1cccc2c(S(=O)(=O)NC(=O)C(Cc3c(Cl)cccc3Cl)CN(O)C=O)cccc12. The van der Waals surface area contributed by atoms with Gasteiger partial charge in [0.15, 0.2) is 0 Å². The fraction of sp³-hybridized carbons (Fsp3) is 0.217. The van der Waals surface area contributed by atoms with Crippen molar-refractivity contribution in [3.05, 3.63) is 70.2 Å². The first-order valence-corrected chi connectivity index (χ1v) is 12.4. The maximum Gasteiger partial charge on any atom is 0.264 e. The number of carbonyl (C=O) groups is 2. The molecule has 34 heavy (non-hydrogen) atoms. The lowest BCUT2D eigenvalue weighted by molar-refractivity contribution is -0.154. The zero-order chi connectivity index (χ0) is 25.0.